The van der Waals surface area contributed by atoms with E-state index in [1.54, 1.807) is 13.0 Å². The lowest BCUT2D eigenvalue weighted by molar-refractivity contribution is -0.384. The number of nitrogens with zero attached hydrogens (tertiary/aromatic N) is 3. The van der Waals surface area contributed by atoms with E-state index in [0.29, 0.717) is 11.4 Å². The van der Waals surface area contributed by atoms with E-state index in [0.717, 1.165) is 16.9 Å². The van der Waals surface area contributed by atoms with E-state index in [1.807, 2.05) is 37.3 Å². The normalized spacial score (nSPS) is 14.5. The topological polar surface area (TPSA) is 111 Å². The van der Waals surface area contributed by atoms with Crippen molar-refractivity contribution in [3.8, 4) is 0 Å². The molecule has 0 fully saturated rings. The molecule has 0 amide bonds. The Balaban J connectivity index is 2.38. The third kappa shape index (κ3) is 6.64. The number of hydrogen-bond donors (Lipinski definition) is 0. The van der Waals surface area contributed by atoms with Crippen LogP contribution in [0.2, 0.25) is 0 Å². The van der Waals surface area contributed by atoms with Gasteiger partial charge < -0.3 is 9.30 Å². The van der Waals surface area contributed by atoms with Gasteiger partial charge in [0.15, 0.2) is 6.34 Å². The molecule has 0 radical (unpaired) electrons. The number of benzene rings is 2. The second kappa shape index (κ2) is 11.4. The summed E-state index contributed by atoms with van der Waals surface area (Å²) < 4.78 is 18.8. The SMILES string of the molecule is CCOC(=O)C(N=Nc1ccc([N+](=O)[O-])cc1)P(=O)(C=Cc1ccccc1)SCC. The van der Waals surface area contributed by atoms with Crippen molar-refractivity contribution in [3.05, 3.63) is 76.1 Å². The van der Waals surface area contributed by atoms with Crippen LogP contribution in [0.4, 0.5) is 11.4 Å². The van der Waals surface area contributed by atoms with Crippen LogP contribution in [0, 0.1) is 10.1 Å². The van der Waals surface area contributed by atoms with Crippen molar-refractivity contribution >= 4 is 41.1 Å². The largest absolute Gasteiger partial charge is 0.464 e. The van der Waals surface area contributed by atoms with Crippen molar-refractivity contribution < 1.29 is 19.0 Å². The minimum Gasteiger partial charge on any atom is -0.464 e. The number of rotatable bonds is 10. The van der Waals surface area contributed by atoms with E-state index in [1.165, 1.54) is 30.1 Å². The number of nitro benzene ring substituents is 1. The van der Waals surface area contributed by atoms with Gasteiger partial charge in [-0.05, 0) is 36.2 Å². The summed E-state index contributed by atoms with van der Waals surface area (Å²) in [4.78, 5) is 22.8. The molecule has 30 heavy (non-hydrogen) atoms. The van der Waals surface area contributed by atoms with Gasteiger partial charge in [-0.25, -0.2) is 4.79 Å². The maximum absolute atomic E-state index is 13.7. The molecule has 2 unspecified atom stereocenters. The van der Waals surface area contributed by atoms with Gasteiger partial charge in [-0.15, -0.1) is 0 Å². The van der Waals surface area contributed by atoms with Gasteiger partial charge in [-0.1, -0.05) is 54.7 Å². The smallest absolute Gasteiger partial charge is 0.341 e. The minimum absolute atomic E-state index is 0.0890. The van der Waals surface area contributed by atoms with Gasteiger partial charge >= 0.3 is 5.97 Å². The number of ether oxygens (including phenoxy) is 1. The Morgan fingerprint density at radius 1 is 1.20 bits per heavy atom. The maximum atomic E-state index is 13.7. The maximum Gasteiger partial charge on any atom is 0.341 e. The highest BCUT2D eigenvalue weighted by Gasteiger charge is 2.38. The van der Waals surface area contributed by atoms with Gasteiger partial charge in [0.25, 0.3) is 5.69 Å². The summed E-state index contributed by atoms with van der Waals surface area (Å²) in [7, 11) is 0. The fraction of sp³-hybridized carbons (Fsp3) is 0.250. The number of azo groups is 1. The standard InChI is InChI=1S/C20H22N3O5PS/c1-3-28-20(24)19(22-21-17-10-12-18(13-11-17)23(25)26)29(27,30-4-2)15-14-16-8-6-5-7-9-16/h5-15,19H,3-4H2,1-2H3. The number of hydrogen-bond acceptors (Lipinski definition) is 8. The number of non-ortho nitro benzene ring substituents is 1. The first-order valence-electron chi connectivity index (χ1n) is 9.19. The Morgan fingerprint density at radius 2 is 1.87 bits per heavy atom. The van der Waals surface area contributed by atoms with Gasteiger partial charge in [0.2, 0.25) is 5.78 Å². The molecule has 0 heterocycles. The molecule has 10 heteroatoms. The molecular formula is C20H22N3O5PS. The van der Waals surface area contributed by atoms with Crippen LogP contribution in [0.15, 0.2) is 70.6 Å². The predicted octanol–water partition coefficient (Wildman–Crippen LogP) is 6.27. The van der Waals surface area contributed by atoms with Crippen molar-refractivity contribution in [2.45, 2.75) is 19.6 Å². The van der Waals surface area contributed by atoms with Crippen molar-refractivity contribution in [2.24, 2.45) is 10.2 Å². The van der Waals surface area contributed by atoms with Gasteiger partial charge in [0.05, 0.1) is 17.2 Å². The number of carbonyl (C=O) groups is 1. The van der Waals surface area contributed by atoms with Crippen LogP contribution < -0.4 is 0 Å². The van der Waals surface area contributed by atoms with Crippen LogP contribution in [0.5, 0.6) is 0 Å². The lowest BCUT2D eigenvalue weighted by Gasteiger charge is -2.18. The summed E-state index contributed by atoms with van der Waals surface area (Å²) in [5.41, 5.74) is 1.05. The predicted molar refractivity (Wildman–Crippen MR) is 119 cm³/mol. The lowest BCUT2D eigenvalue weighted by Crippen LogP contribution is -2.20. The van der Waals surface area contributed by atoms with Gasteiger partial charge in [0, 0.05) is 12.1 Å². The lowest BCUT2D eigenvalue weighted by atomic mass is 10.2. The fourth-order valence-electron chi connectivity index (χ4n) is 2.40. The average molecular weight is 447 g/mol. The molecule has 0 saturated heterocycles. The highest BCUT2D eigenvalue weighted by molar-refractivity contribution is 8.59. The molecule has 2 atom stereocenters. The molecular weight excluding hydrogens is 425 g/mol. The summed E-state index contributed by atoms with van der Waals surface area (Å²) in [6.45, 7) is 3.60. The number of esters is 1. The van der Waals surface area contributed by atoms with Gasteiger partial charge in [-0.2, -0.15) is 10.2 Å². The van der Waals surface area contributed by atoms with Crippen molar-refractivity contribution in [1.29, 1.82) is 0 Å². The van der Waals surface area contributed by atoms with E-state index < -0.39 is 23.0 Å². The average Bonchev–Trinajstić information content (AvgIpc) is 2.74. The van der Waals surface area contributed by atoms with E-state index in [2.05, 4.69) is 10.2 Å². The molecule has 158 valence electrons. The Hall–Kier alpha value is -2.77. The minimum atomic E-state index is -3.35. The second-order valence-corrected chi connectivity index (χ2v) is 11.3. The highest BCUT2D eigenvalue weighted by atomic mass is 32.7. The monoisotopic (exact) mass is 447 g/mol. The summed E-state index contributed by atoms with van der Waals surface area (Å²) in [5.74, 6) is -0.0468. The van der Waals surface area contributed by atoms with E-state index in [9.17, 15) is 19.5 Å². The zero-order valence-corrected chi connectivity index (χ0v) is 18.3. The molecule has 0 spiro atoms. The Bertz CT molecular complexity index is 964. The Labute approximate surface area is 178 Å². The molecule has 0 aliphatic carbocycles. The Kier molecular flexibility index (Phi) is 8.95. The van der Waals surface area contributed by atoms with Gasteiger partial charge in [-0.3, -0.25) is 10.1 Å². The number of carbonyl (C=O) groups excluding carboxylic acids is 1. The summed E-state index contributed by atoms with van der Waals surface area (Å²) in [5, 5.41) is 18.8. The molecule has 8 nitrogen and oxygen atoms in total. The number of nitro groups is 1. The molecule has 2 aromatic rings. The van der Waals surface area contributed by atoms with Crippen LogP contribution in [0.3, 0.4) is 0 Å². The highest BCUT2D eigenvalue weighted by Crippen LogP contribution is 2.65. The van der Waals surface area contributed by atoms with E-state index >= 15 is 0 Å². The van der Waals surface area contributed by atoms with Crippen LogP contribution in [-0.2, 0) is 14.1 Å². The molecule has 0 aliphatic heterocycles. The summed E-state index contributed by atoms with van der Waals surface area (Å²) in [6.07, 6.45) is -1.66. The third-order valence-corrected chi connectivity index (χ3v) is 8.96. The molecule has 2 aromatic carbocycles. The zero-order valence-electron chi connectivity index (χ0n) is 16.6. The Morgan fingerprint density at radius 3 is 2.43 bits per heavy atom. The summed E-state index contributed by atoms with van der Waals surface area (Å²) in [6, 6.07) is 14.7. The third-order valence-electron chi connectivity index (χ3n) is 3.79. The first-order chi connectivity index (χ1) is 14.4. The first-order valence-corrected chi connectivity index (χ1v) is 12.6. The van der Waals surface area contributed by atoms with Crippen molar-refractivity contribution in [1.82, 2.24) is 0 Å². The van der Waals surface area contributed by atoms with Gasteiger partial charge in [0.1, 0.15) is 0 Å². The van der Waals surface area contributed by atoms with Crippen molar-refractivity contribution in [3.63, 3.8) is 0 Å². The molecule has 0 N–H and O–H groups in total. The van der Waals surface area contributed by atoms with Crippen LogP contribution in [0.25, 0.3) is 6.08 Å². The molecule has 0 saturated carbocycles. The second-order valence-electron chi connectivity index (χ2n) is 5.90. The van der Waals surface area contributed by atoms with Crippen LogP contribution in [-0.4, -0.2) is 29.0 Å². The van der Waals surface area contributed by atoms with Crippen LogP contribution >= 0.6 is 17.7 Å². The molecule has 0 aliphatic rings. The quantitative estimate of drug-likeness (QED) is 0.139. The zero-order chi connectivity index (χ0) is 22.0. The molecule has 2 rings (SSSR count). The summed E-state index contributed by atoms with van der Waals surface area (Å²) >= 11 is 1.13. The molecule has 0 bridgehead atoms. The first kappa shape index (κ1) is 23.5. The van der Waals surface area contributed by atoms with Crippen molar-refractivity contribution in [2.75, 3.05) is 12.4 Å². The van der Waals surface area contributed by atoms with E-state index in [4.69, 9.17) is 4.74 Å². The van der Waals surface area contributed by atoms with E-state index in [-0.39, 0.29) is 12.3 Å². The fourth-order valence-corrected chi connectivity index (χ4v) is 6.59. The van der Waals surface area contributed by atoms with Crippen LogP contribution in [0.1, 0.15) is 19.4 Å². The molecule has 0 aromatic heterocycles.